The Morgan fingerprint density at radius 3 is 2.70 bits per heavy atom. The zero-order valence-electron chi connectivity index (χ0n) is 17.6. The molecule has 1 saturated carbocycles. The summed E-state index contributed by atoms with van der Waals surface area (Å²) in [6, 6.07) is 3.98. The average molecular weight is 529 g/mol. The molecule has 2 saturated heterocycles. The van der Waals surface area contributed by atoms with Crippen molar-refractivity contribution in [2.75, 3.05) is 46.4 Å². The van der Waals surface area contributed by atoms with Crippen LogP contribution in [0.5, 0.6) is 5.88 Å². The number of piperazine rings is 1. The number of aliphatic imine (C=N–C) groups is 1. The van der Waals surface area contributed by atoms with Gasteiger partial charge in [-0.2, -0.15) is 0 Å². The van der Waals surface area contributed by atoms with Gasteiger partial charge in [-0.15, -0.1) is 24.0 Å². The fourth-order valence-electron chi connectivity index (χ4n) is 3.76. The minimum Gasteiger partial charge on any atom is -0.477 e. The van der Waals surface area contributed by atoms with Gasteiger partial charge in [0.05, 0.1) is 6.61 Å². The Hall–Kier alpha value is -1.62. The van der Waals surface area contributed by atoms with Gasteiger partial charge in [-0.3, -0.25) is 9.79 Å². The number of aromatic nitrogens is 1. The van der Waals surface area contributed by atoms with E-state index in [0.717, 1.165) is 44.1 Å². The van der Waals surface area contributed by atoms with Crippen LogP contribution in [0.4, 0.5) is 0 Å². The van der Waals surface area contributed by atoms with Crippen molar-refractivity contribution in [2.24, 2.45) is 10.9 Å². The monoisotopic (exact) mass is 529 g/mol. The molecule has 1 N–H and O–H groups in total. The number of hydrogen-bond donors (Lipinski definition) is 1. The van der Waals surface area contributed by atoms with E-state index in [2.05, 4.69) is 20.2 Å². The minimum atomic E-state index is -0.234. The first kappa shape index (κ1) is 23.1. The number of pyridine rings is 1. The predicted octanol–water partition coefficient (Wildman–Crippen LogP) is 1.89. The van der Waals surface area contributed by atoms with Gasteiger partial charge in [-0.25, -0.2) is 4.98 Å². The number of halogens is 1. The molecule has 4 rings (SSSR count). The van der Waals surface area contributed by atoms with Gasteiger partial charge >= 0.3 is 0 Å². The largest absolute Gasteiger partial charge is 0.477 e. The van der Waals surface area contributed by atoms with Crippen molar-refractivity contribution < 1.29 is 14.3 Å². The molecule has 166 valence electrons. The van der Waals surface area contributed by atoms with E-state index in [4.69, 9.17) is 9.47 Å². The van der Waals surface area contributed by atoms with E-state index < -0.39 is 0 Å². The third-order valence-electron chi connectivity index (χ3n) is 5.72. The molecule has 1 unspecified atom stereocenters. The summed E-state index contributed by atoms with van der Waals surface area (Å²) in [7, 11) is 1.79. The van der Waals surface area contributed by atoms with E-state index in [-0.39, 0.29) is 36.0 Å². The fourth-order valence-corrected chi connectivity index (χ4v) is 3.76. The number of nitrogens with one attached hydrogen (secondary N) is 1. The van der Waals surface area contributed by atoms with Crippen LogP contribution in [0.25, 0.3) is 0 Å². The van der Waals surface area contributed by atoms with E-state index in [9.17, 15) is 4.79 Å². The Morgan fingerprint density at radius 2 is 2.03 bits per heavy atom. The van der Waals surface area contributed by atoms with Crippen LogP contribution in [0.1, 0.15) is 31.2 Å². The van der Waals surface area contributed by atoms with Crippen molar-refractivity contribution in [3.05, 3.63) is 23.9 Å². The molecule has 1 aromatic rings. The maximum atomic E-state index is 12.5. The lowest BCUT2D eigenvalue weighted by molar-refractivity contribution is -0.142. The molecular formula is C21H32IN5O3. The highest BCUT2D eigenvalue weighted by molar-refractivity contribution is 14.0. The van der Waals surface area contributed by atoms with Crippen molar-refractivity contribution in [1.29, 1.82) is 0 Å². The van der Waals surface area contributed by atoms with E-state index in [1.54, 1.807) is 13.2 Å². The molecule has 1 atom stereocenters. The van der Waals surface area contributed by atoms with Crippen LogP contribution in [0.3, 0.4) is 0 Å². The molecule has 30 heavy (non-hydrogen) atoms. The molecule has 3 heterocycles. The molecular weight excluding hydrogens is 497 g/mol. The van der Waals surface area contributed by atoms with E-state index in [1.807, 2.05) is 17.0 Å². The van der Waals surface area contributed by atoms with Gasteiger partial charge < -0.3 is 24.6 Å². The van der Waals surface area contributed by atoms with Crippen LogP contribution < -0.4 is 10.1 Å². The Bertz CT molecular complexity index is 729. The molecule has 0 bridgehead atoms. The quantitative estimate of drug-likeness (QED) is 0.345. The Kier molecular flexibility index (Phi) is 8.55. The van der Waals surface area contributed by atoms with Crippen molar-refractivity contribution in [1.82, 2.24) is 20.1 Å². The Balaban J connectivity index is 0.00000256. The summed E-state index contributed by atoms with van der Waals surface area (Å²) in [5.74, 6) is 2.39. The molecule has 3 fully saturated rings. The van der Waals surface area contributed by atoms with Crippen LogP contribution in [-0.2, 0) is 16.1 Å². The number of ether oxygens (including phenoxy) is 2. The van der Waals surface area contributed by atoms with Crippen molar-refractivity contribution >= 4 is 35.8 Å². The van der Waals surface area contributed by atoms with Gasteiger partial charge in [0.25, 0.3) is 5.91 Å². The van der Waals surface area contributed by atoms with Gasteiger partial charge in [-0.1, -0.05) is 0 Å². The SMILES string of the molecule is CN=C(NCc1ccnc(OCC2CC2)c1)N1CCN(C(=O)C2CCCO2)CC1.I. The molecule has 2 aliphatic heterocycles. The van der Waals surface area contributed by atoms with Gasteiger partial charge in [0.2, 0.25) is 5.88 Å². The van der Waals surface area contributed by atoms with Crippen molar-refractivity contribution in [3.8, 4) is 5.88 Å². The first-order chi connectivity index (χ1) is 14.2. The maximum Gasteiger partial charge on any atom is 0.251 e. The highest BCUT2D eigenvalue weighted by Gasteiger charge is 2.30. The van der Waals surface area contributed by atoms with Crippen molar-refractivity contribution in [2.45, 2.75) is 38.3 Å². The van der Waals surface area contributed by atoms with E-state index in [1.165, 1.54) is 12.8 Å². The second-order valence-electron chi connectivity index (χ2n) is 7.97. The second-order valence-corrected chi connectivity index (χ2v) is 7.97. The smallest absolute Gasteiger partial charge is 0.251 e. The number of nitrogens with zero attached hydrogens (tertiary/aromatic N) is 4. The summed E-state index contributed by atoms with van der Waals surface area (Å²) in [4.78, 5) is 25.3. The lowest BCUT2D eigenvalue weighted by Crippen LogP contribution is -2.55. The summed E-state index contributed by atoms with van der Waals surface area (Å²) >= 11 is 0. The summed E-state index contributed by atoms with van der Waals surface area (Å²) in [5, 5.41) is 3.42. The number of amides is 1. The highest BCUT2D eigenvalue weighted by Crippen LogP contribution is 2.29. The third-order valence-corrected chi connectivity index (χ3v) is 5.72. The van der Waals surface area contributed by atoms with Crippen molar-refractivity contribution in [3.63, 3.8) is 0 Å². The van der Waals surface area contributed by atoms with Crippen LogP contribution in [-0.4, -0.2) is 79.2 Å². The lowest BCUT2D eigenvalue weighted by atomic mass is 10.2. The first-order valence-electron chi connectivity index (χ1n) is 10.7. The summed E-state index contributed by atoms with van der Waals surface area (Å²) in [6.45, 7) is 5.07. The number of carbonyl (C=O) groups excluding carboxylic acids is 1. The zero-order chi connectivity index (χ0) is 20.1. The molecule has 0 radical (unpaired) electrons. The molecule has 1 aliphatic carbocycles. The molecule has 3 aliphatic rings. The van der Waals surface area contributed by atoms with Crippen LogP contribution in [0.2, 0.25) is 0 Å². The third kappa shape index (κ3) is 6.19. The van der Waals surface area contributed by atoms with E-state index >= 15 is 0 Å². The Labute approximate surface area is 195 Å². The predicted molar refractivity (Wildman–Crippen MR) is 125 cm³/mol. The molecule has 8 nitrogen and oxygen atoms in total. The molecule has 9 heteroatoms. The number of hydrogen-bond acceptors (Lipinski definition) is 5. The second kappa shape index (κ2) is 11.1. The first-order valence-corrected chi connectivity index (χ1v) is 10.7. The summed E-state index contributed by atoms with van der Waals surface area (Å²) in [5.41, 5.74) is 1.11. The number of carbonyl (C=O) groups is 1. The topological polar surface area (TPSA) is 79.3 Å². The van der Waals surface area contributed by atoms with Crippen LogP contribution in [0, 0.1) is 5.92 Å². The summed E-state index contributed by atoms with van der Waals surface area (Å²) < 4.78 is 11.3. The van der Waals surface area contributed by atoms with E-state index in [0.29, 0.717) is 38.0 Å². The minimum absolute atomic E-state index is 0. The van der Waals surface area contributed by atoms with Gasteiger partial charge in [0, 0.05) is 58.6 Å². The highest BCUT2D eigenvalue weighted by atomic mass is 127. The lowest BCUT2D eigenvalue weighted by Gasteiger charge is -2.37. The van der Waals surface area contributed by atoms with Gasteiger partial charge in [-0.05, 0) is 43.2 Å². The normalized spacial score (nSPS) is 21.9. The Morgan fingerprint density at radius 1 is 1.27 bits per heavy atom. The number of rotatable bonds is 6. The van der Waals surface area contributed by atoms with Crippen LogP contribution in [0.15, 0.2) is 23.3 Å². The molecule has 1 aromatic heterocycles. The number of guanidine groups is 1. The molecule has 1 amide bonds. The molecule has 0 spiro atoms. The van der Waals surface area contributed by atoms with Gasteiger partial charge in [0.15, 0.2) is 5.96 Å². The standard InChI is InChI=1S/C21H31N5O3.HI/c1-22-21(24-14-17-6-7-23-19(13-17)29-15-16-4-5-16)26-10-8-25(9-11-26)20(27)18-3-2-12-28-18;/h6-7,13,16,18H,2-5,8-12,14-15H2,1H3,(H,22,24);1H. The van der Waals surface area contributed by atoms with Gasteiger partial charge in [0.1, 0.15) is 6.10 Å². The summed E-state index contributed by atoms with van der Waals surface area (Å²) in [6.07, 6.45) is 5.92. The fraction of sp³-hybridized carbons (Fsp3) is 0.667. The zero-order valence-corrected chi connectivity index (χ0v) is 19.9. The molecule has 0 aromatic carbocycles. The average Bonchev–Trinajstić information content (AvgIpc) is 3.43. The maximum absolute atomic E-state index is 12.5. The van der Waals surface area contributed by atoms with Crippen LogP contribution >= 0.6 is 24.0 Å².